The molecule has 0 radical (unpaired) electrons. The molecule has 10 aliphatic rings. The number of amidine groups is 2. The molecule has 0 amide bonds. The average Bonchev–Trinajstić information content (AvgIpc) is 3.95. The summed E-state index contributed by atoms with van der Waals surface area (Å²) in [5, 5.41) is 9.14. The summed E-state index contributed by atoms with van der Waals surface area (Å²) >= 11 is 2.04. The highest BCUT2D eigenvalue weighted by Crippen LogP contribution is 2.40. The maximum Gasteiger partial charge on any atom is 0.186 e. The first kappa shape index (κ1) is 42.4. The predicted octanol–water partition coefficient (Wildman–Crippen LogP) is 7.52. The van der Waals surface area contributed by atoms with E-state index in [-0.39, 0.29) is 12.1 Å². The van der Waals surface area contributed by atoms with Crippen LogP contribution in [0.4, 0.5) is 0 Å². The Balaban J connectivity index is 0.000000117. The monoisotopic (exact) mass is 784 g/mol. The molecule has 11 nitrogen and oxygen atoms in total. The van der Waals surface area contributed by atoms with Crippen molar-refractivity contribution in [1.82, 2.24) is 10.6 Å². The van der Waals surface area contributed by atoms with Gasteiger partial charge in [-0.3, -0.25) is 15.0 Å². The standard InChI is InChI=1S/C9H16N2.C9H15NO.C9H15NS.C8H14N2O.C8H13NO2/c3*1-6(2)9-10-7-4-3-5-8(7)11-9;1-5(2)8-9-6-3-11-4-7(6)10-8;1-5(2)8-9-6-3-10-4-7(6)11-8/h6-8H,3-5H2,1-2H3,(H,10,11);2*6-8H,3-5H2,1-2H3;5-7H,3-4H2,1-2H3,(H,9,10);5-7H,3-4H2,1-2H3. The summed E-state index contributed by atoms with van der Waals surface area (Å²) in [6.07, 6.45) is 12.5. The number of nitrogens with zero attached hydrogens (tertiary/aromatic N) is 5. The van der Waals surface area contributed by atoms with E-state index in [1.54, 1.807) is 0 Å². The fourth-order valence-corrected chi connectivity index (χ4v) is 9.97. The van der Waals surface area contributed by atoms with Crippen LogP contribution in [0, 0.1) is 29.6 Å². The summed E-state index contributed by atoms with van der Waals surface area (Å²) in [6.45, 7) is 24.8. The van der Waals surface area contributed by atoms with Gasteiger partial charge in [-0.05, 0) is 51.4 Å². The molecule has 310 valence electrons. The molecule has 0 aromatic carbocycles. The van der Waals surface area contributed by atoms with E-state index in [4.69, 9.17) is 23.9 Å². The van der Waals surface area contributed by atoms with Crippen molar-refractivity contribution >= 4 is 40.3 Å². The Morgan fingerprint density at radius 2 is 1.04 bits per heavy atom. The molecule has 3 saturated carbocycles. The minimum atomic E-state index is 0.215. The van der Waals surface area contributed by atoms with Crippen molar-refractivity contribution in [3.63, 3.8) is 0 Å². The van der Waals surface area contributed by atoms with Crippen LogP contribution in [0.25, 0.3) is 0 Å². The highest BCUT2D eigenvalue weighted by molar-refractivity contribution is 8.14. The van der Waals surface area contributed by atoms with Crippen LogP contribution in [0.3, 0.4) is 0 Å². The number of hydrogen-bond donors (Lipinski definition) is 2. The van der Waals surface area contributed by atoms with E-state index in [0.717, 1.165) is 42.7 Å². The van der Waals surface area contributed by atoms with Crippen LogP contribution in [0.15, 0.2) is 25.0 Å². The van der Waals surface area contributed by atoms with E-state index in [9.17, 15) is 0 Å². The van der Waals surface area contributed by atoms with Gasteiger partial charge < -0.3 is 29.6 Å². The van der Waals surface area contributed by atoms with Crippen molar-refractivity contribution in [1.29, 1.82) is 0 Å². The molecule has 0 aromatic heterocycles. The van der Waals surface area contributed by atoms with Gasteiger partial charge in [0.1, 0.15) is 18.2 Å². The normalized spacial score (nSPS) is 35.5. The Kier molecular flexibility index (Phi) is 15.1. The highest BCUT2D eigenvalue weighted by atomic mass is 32.2. The molecule has 7 aliphatic heterocycles. The minimum absolute atomic E-state index is 0.215. The first-order chi connectivity index (χ1) is 26.4. The SMILES string of the molecule is CC(C)C1=NC2CCCC2N1.CC(C)C1=NC2CCCC2O1.CC(C)C1=NC2CCCC2S1.CC(C)C1=NC2COCC2N1.CC(C)C1=NC2COCC2O1. The number of thioether (sulfide) groups is 1. The van der Waals surface area contributed by atoms with Crippen molar-refractivity contribution in [2.75, 3.05) is 26.4 Å². The lowest BCUT2D eigenvalue weighted by atomic mass is 10.2. The van der Waals surface area contributed by atoms with E-state index >= 15 is 0 Å². The van der Waals surface area contributed by atoms with E-state index < -0.39 is 0 Å². The van der Waals surface area contributed by atoms with Crippen LogP contribution in [0.1, 0.15) is 127 Å². The first-order valence-electron chi connectivity index (χ1n) is 21.9. The minimum Gasteiger partial charge on any atom is -0.475 e. The summed E-state index contributed by atoms with van der Waals surface area (Å²) < 4.78 is 21.7. The quantitative estimate of drug-likeness (QED) is 0.296. The average molecular weight is 784 g/mol. The van der Waals surface area contributed by atoms with Crippen molar-refractivity contribution in [2.45, 2.75) is 187 Å². The molecule has 5 fully saturated rings. The van der Waals surface area contributed by atoms with Crippen LogP contribution < -0.4 is 10.6 Å². The molecule has 2 saturated heterocycles. The van der Waals surface area contributed by atoms with Crippen LogP contribution in [0.2, 0.25) is 0 Å². The molecule has 0 spiro atoms. The maximum absolute atomic E-state index is 5.70. The van der Waals surface area contributed by atoms with E-state index in [1.165, 1.54) is 68.7 Å². The van der Waals surface area contributed by atoms with Gasteiger partial charge in [-0.25, -0.2) is 9.98 Å². The van der Waals surface area contributed by atoms with Gasteiger partial charge in [-0.1, -0.05) is 75.7 Å². The molecule has 0 bridgehead atoms. The van der Waals surface area contributed by atoms with E-state index in [1.807, 2.05) is 11.8 Å². The maximum atomic E-state index is 5.70. The van der Waals surface area contributed by atoms with Crippen molar-refractivity contribution < 1.29 is 18.9 Å². The van der Waals surface area contributed by atoms with Gasteiger partial charge in [0.25, 0.3) is 0 Å². The molecule has 10 atom stereocenters. The summed E-state index contributed by atoms with van der Waals surface area (Å²) in [6, 6.07) is 3.65. The van der Waals surface area contributed by atoms with Crippen LogP contribution in [-0.2, 0) is 18.9 Å². The fourth-order valence-electron chi connectivity index (χ4n) is 8.56. The van der Waals surface area contributed by atoms with Crippen molar-refractivity contribution in [3.8, 4) is 0 Å². The molecule has 7 heterocycles. The third-order valence-electron chi connectivity index (χ3n) is 11.9. The Morgan fingerprint density at radius 3 is 1.64 bits per heavy atom. The zero-order chi connectivity index (χ0) is 39.2. The molecule has 12 heteroatoms. The third kappa shape index (κ3) is 11.1. The van der Waals surface area contributed by atoms with Gasteiger partial charge in [0.05, 0.1) is 73.4 Å². The number of hydrogen-bond acceptors (Lipinski definition) is 12. The Bertz CT molecular complexity index is 1180. The summed E-state index contributed by atoms with van der Waals surface area (Å²) in [5.41, 5.74) is 0. The second-order valence-corrected chi connectivity index (χ2v) is 19.6. The summed E-state index contributed by atoms with van der Waals surface area (Å²) in [5.74, 6) is 6.94. The highest BCUT2D eigenvalue weighted by Gasteiger charge is 2.38. The molecular weight excluding hydrogens is 711 g/mol. The lowest BCUT2D eigenvalue weighted by molar-refractivity contribution is 0.134. The molecule has 10 rings (SSSR count). The van der Waals surface area contributed by atoms with Gasteiger partial charge in [0, 0.05) is 40.9 Å². The Labute approximate surface area is 336 Å². The number of aliphatic imine (C=N–C) groups is 5. The van der Waals surface area contributed by atoms with Gasteiger partial charge >= 0.3 is 0 Å². The number of nitrogens with one attached hydrogen (secondary N) is 2. The van der Waals surface area contributed by atoms with Gasteiger partial charge in [0.15, 0.2) is 11.8 Å². The van der Waals surface area contributed by atoms with Crippen LogP contribution >= 0.6 is 11.8 Å². The van der Waals surface area contributed by atoms with Crippen LogP contribution in [-0.4, -0.2) is 115 Å². The fraction of sp³-hybridized carbons (Fsp3) is 0.884. The van der Waals surface area contributed by atoms with E-state index in [0.29, 0.717) is 78.6 Å². The number of ether oxygens (including phenoxy) is 4. The van der Waals surface area contributed by atoms with Gasteiger partial charge in [-0.15, -0.1) is 11.8 Å². The summed E-state index contributed by atoms with van der Waals surface area (Å²) in [4.78, 5) is 22.9. The van der Waals surface area contributed by atoms with Crippen LogP contribution in [0.5, 0.6) is 0 Å². The van der Waals surface area contributed by atoms with Crippen molar-refractivity contribution in [3.05, 3.63) is 0 Å². The zero-order valence-corrected chi connectivity index (χ0v) is 36.4. The number of fused-ring (bicyclic) bond motifs is 5. The lowest BCUT2D eigenvalue weighted by Crippen LogP contribution is -2.35. The molecule has 0 aromatic rings. The Morgan fingerprint density at radius 1 is 0.473 bits per heavy atom. The second kappa shape index (κ2) is 19.5. The topological polar surface area (TPSA) is 123 Å². The molecule has 10 unspecified atom stereocenters. The lowest BCUT2D eigenvalue weighted by Gasteiger charge is -2.10. The molecular formula is C43H73N7O4S. The Hall–Kier alpha value is -2.18. The van der Waals surface area contributed by atoms with E-state index in [2.05, 4.69) is 99.8 Å². The zero-order valence-electron chi connectivity index (χ0n) is 35.6. The predicted molar refractivity (Wildman–Crippen MR) is 228 cm³/mol. The third-order valence-corrected chi connectivity index (χ3v) is 13.6. The first-order valence-corrected chi connectivity index (χ1v) is 22.8. The molecule has 3 aliphatic carbocycles. The number of rotatable bonds is 5. The molecule has 55 heavy (non-hydrogen) atoms. The van der Waals surface area contributed by atoms with Gasteiger partial charge in [-0.2, -0.15) is 0 Å². The smallest absolute Gasteiger partial charge is 0.186 e. The van der Waals surface area contributed by atoms with Gasteiger partial charge in [0.2, 0.25) is 0 Å². The molecule has 2 N–H and O–H groups in total. The summed E-state index contributed by atoms with van der Waals surface area (Å²) in [7, 11) is 0. The largest absolute Gasteiger partial charge is 0.475 e. The second-order valence-electron chi connectivity index (χ2n) is 18.4. The van der Waals surface area contributed by atoms with Crippen molar-refractivity contribution in [2.24, 2.45) is 54.6 Å².